The average molecular weight is 500 g/mol. The minimum atomic E-state index is -4.90. The first-order chi connectivity index (χ1) is 13.9. The summed E-state index contributed by atoms with van der Waals surface area (Å²) in [7, 11) is -9.77. The van der Waals surface area contributed by atoms with Crippen molar-refractivity contribution in [2.24, 2.45) is 10.2 Å². The summed E-state index contributed by atoms with van der Waals surface area (Å²) in [6.45, 7) is 0. The number of benzene rings is 3. The Bertz CT molecular complexity index is 1450. The molecule has 0 unspecified atom stereocenters. The van der Waals surface area contributed by atoms with Crippen LogP contribution in [-0.2, 0) is 20.2 Å². The van der Waals surface area contributed by atoms with Crippen LogP contribution >= 0.6 is 0 Å². The van der Waals surface area contributed by atoms with Gasteiger partial charge in [-0.3, -0.25) is 19.2 Å². The van der Waals surface area contributed by atoms with Gasteiger partial charge in [0.05, 0.1) is 15.5 Å². The van der Waals surface area contributed by atoms with Crippen molar-refractivity contribution in [2.75, 3.05) is 5.73 Å². The van der Waals surface area contributed by atoms with Crippen molar-refractivity contribution in [1.29, 1.82) is 0 Å². The van der Waals surface area contributed by atoms with Gasteiger partial charge in [0.2, 0.25) is 0 Å². The van der Waals surface area contributed by atoms with Gasteiger partial charge in [-0.25, -0.2) is 0 Å². The molecule has 160 valence electrons. The zero-order valence-electron chi connectivity index (χ0n) is 18.7. The monoisotopic (exact) mass is 500 g/mol. The van der Waals surface area contributed by atoms with Gasteiger partial charge in [-0.2, -0.15) is 16.8 Å². The number of azo groups is 1. The maximum Gasteiger partial charge on any atom is 1.00 e. The second-order valence-corrected chi connectivity index (χ2v) is 8.73. The number of fused-ring (bicyclic) bond motifs is 1. The Morgan fingerprint density at radius 2 is 1.53 bits per heavy atom. The zero-order valence-corrected chi connectivity index (χ0v) is 22.3. The minimum absolute atomic E-state index is 0. The Morgan fingerprint density at radius 1 is 0.906 bits per heavy atom. The van der Waals surface area contributed by atoms with Crippen LogP contribution < -0.4 is 64.8 Å². The van der Waals surface area contributed by atoms with E-state index in [4.69, 9.17) is 5.73 Å². The van der Waals surface area contributed by atoms with Crippen LogP contribution in [0.3, 0.4) is 0 Å². The fraction of sp³-hybridized carbons (Fsp3) is 0. The second-order valence-electron chi connectivity index (χ2n) is 5.92. The van der Waals surface area contributed by atoms with Crippen LogP contribution in [0.2, 0.25) is 0 Å². The van der Waals surface area contributed by atoms with Gasteiger partial charge in [-0.15, -0.1) is 10.2 Å². The van der Waals surface area contributed by atoms with Gasteiger partial charge in [0.1, 0.15) is 10.6 Å². The first-order valence-corrected chi connectivity index (χ1v) is 10.7. The van der Waals surface area contributed by atoms with E-state index in [0.29, 0.717) is 6.07 Å². The molecule has 0 saturated carbocycles. The molecule has 12 nitrogen and oxygen atoms in total. The molecule has 0 saturated heterocycles. The molecule has 0 bridgehead atoms. The number of anilines is 1. The number of para-hydroxylation sites is 1. The van der Waals surface area contributed by atoms with Crippen molar-refractivity contribution in [3.05, 3.63) is 58.6 Å². The maximum atomic E-state index is 11.7. The van der Waals surface area contributed by atoms with E-state index >= 15 is 0 Å². The normalized spacial score (nSPS) is 11.7. The molecule has 0 spiro atoms. The SMILES string of the molecule is Nc1ccc2c(S(=O)(=O)O)cc(S(=O)(=O)O)cc2c1N=Nc1ccccc1[N+](=O)[O-].[H-].[H-].[Na+].[Na+]. The number of nitro groups is 1. The Kier molecular flexibility index (Phi) is 9.51. The number of rotatable bonds is 5. The quantitative estimate of drug-likeness (QED) is 0.0843. The fourth-order valence-corrected chi connectivity index (χ4v) is 4.00. The van der Waals surface area contributed by atoms with E-state index in [2.05, 4.69) is 10.2 Å². The molecule has 32 heavy (non-hydrogen) atoms. The summed E-state index contributed by atoms with van der Waals surface area (Å²) < 4.78 is 65.4. The summed E-state index contributed by atoms with van der Waals surface area (Å²) in [6, 6.07) is 9.28. The van der Waals surface area contributed by atoms with Crippen LogP contribution in [0.1, 0.15) is 2.85 Å². The van der Waals surface area contributed by atoms with Crippen molar-refractivity contribution in [2.45, 2.75) is 9.79 Å². The number of nitrogen functional groups attached to an aromatic ring is 1. The van der Waals surface area contributed by atoms with Crippen molar-refractivity contribution >= 4 is 53.8 Å². The van der Waals surface area contributed by atoms with Crippen LogP contribution in [-0.4, -0.2) is 30.9 Å². The van der Waals surface area contributed by atoms with Crippen molar-refractivity contribution < 1.29 is 92.8 Å². The van der Waals surface area contributed by atoms with Crippen molar-refractivity contribution in [3.8, 4) is 0 Å². The standard InChI is InChI=1S/C16H12N4O8S2.2Na.2H/c17-12-6-5-10-11(7-9(29(23,24)25)8-15(10)30(26,27)28)16(12)19-18-13-3-1-2-4-14(13)20(21)22;;;;/h1-8H,17H2,(H,23,24,25)(H,26,27,28);;;;/q;2*+1;2*-1. The molecule has 16 heteroatoms. The summed E-state index contributed by atoms with van der Waals surface area (Å²) in [4.78, 5) is 8.78. The van der Waals surface area contributed by atoms with E-state index in [1.807, 2.05) is 0 Å². The van der Waals surface area contributed by atoms with Crippen LogP contribution in [0.25, 0.3) is 10.8 Å². The molecule has 3 aromatic carbocycles. The molecule has 0 atom stereocenters. The van der Waals surface area contributed by atoms with E-state index in [1.54, 1.807) is 0 Å². The van der Waals surface area contributed by atoms with Crippen molar-refractivity contribution in [3.63, 3.8) is 0 Å². The summed E-state index contributed by atoms with van der Waals surface area (Å²) in [6.07, 6.45) is 0. The Labute approximate surface area is 229 Å². The third kappa shape index (κ3) is 6.11. The van der Waals surface area contributed by atoms with Gasteiger partial charge >= 0.3 is 59.1 Å². The van der Waals surface area contributed by atoms with Gasteiger partial charge in [0.25, 0.3) is 25.9 Å². The zero-order chi connectivity index (χ0) is 22.3. The van der Waals surface area contributed by atoms with Gasteiger partial charge < -0.3 is 8.59 Å². The molecule has 0 fully saturated rings. The number of nitrogens with zero attached hydrogens (tertiary/aromatic N) is 3. The summed E-state index contributed by atoms with van der Waals surface area (Å²) in [5.74, 6) is 0. The first kappa shape index (κ1) is 28.6. The summed E-state index contributed by atoms with van der Waals surface area (Å²) in [5.41, 5.74) is 5.06. The van der Waals surface area contributed by atoms with Crippen molar-refractivity contribution in [1.82, 2.24) is 0 Å². The van der Waals surface area contributed by atoms with Crippen LogP contribution in [0, 0.1) is 10.1 Å². The second kappa shape index (κ2) is 10.6. The van der Waals surface area contributed by atoms with E-state index in [0.717, 1.165) is 6.07 Å². The molecule has 0 heterocycles. The van der Waals surface area contributed by atoms with Gasteiger partial charge in [-0.05, 0) is 24.3 Å². The molecular weight excluding hydrogens is 486 g/mol. The number of nitrogens with two attached hydrogens (primary N) is 1. The molecular formula is C16H14N4Na2O8S2. The molecule has 4 N–H and O–H groups in total. The van der Waals surface area contributed by atoms with Gasteiger partial charge in [0.15, 0.2) is 5.69 Å². The third-order valence-corrected chi connectivity index (χ3v) is 5.71. The number of hydrogen-bond acceptors (Lipinski definition) is 9. The number of hydrogen-bond donors (Lipinski definition) is 3. The third-order valence-electron chi connectivity index (χ3n) is 3.99. The summed E-state index contributed by atoms with van der Waals surface area (Å²) in [5, 5.41) is 18.4. The van der Waals surface area contributed by atoms with E-state index in [1.165, 1.54) is 36.4 Å². The molecule has 0 amide bonds. The van der Waals surface area contributed by atoms with E-state index < -0.39 is 35.0 Å². The predicted molar refractivity (Wildman–Crippen MR) is 107 cm³/mol. The molecule has 0 aliphatic rings. The van der Waals surface area contributed by atoms with E-state index in [-0.39, 0.29) is 95.5 Å². The van der Waals surface area contributed by atoms with Gasteiger partial charge in [-0.1, -0.05) is 18.2 Å². The molecule has 3 rings (SSSR count). The average Bonchev–Trinajstić information content (AvgIpc) is 2.65. The maximum absolute atomic E-state index is 11.7. The van der Waals surface area contributed by atoms with Crippen LogP contribution in [0.4, 0.5) is 22.7 Å². The van der Waals surface area contributed by atoms with Gasteiger partial charge in [0, 0.05) is 16.8 Å². The largest absolute Gasteiger partial charge is 1.00 e. The predicted octanol–water partition coefficient (Wildman–Crippen LogP) is -2.53. The Hall–Kier alpha value is -1.46. The number of nitro benzene ring substituents is 1. The molecule has 0 aliphatic heterocycles. The van der Waals surface area contributed by atoms with Crippen LogP contribution in [0.15, 0.2) is 68.6 Å². The Morgan fingerprint density at radius 3 is 2.09 bits per heavy atom. The Balaban J connectivity index is 0. The van der Waals surface area contributed by atoms with Crippen LogP contribution in [0.5, 0.6) is 0 Å². The first-order valence-electron chi connectivity index (χ1n) is 7.86. The topological polar surface area (TPSA) is 203 Å². The molecule has 0 aliphatic carbocycles. The molecule has 0 aromatic heterocycles. The smallest absolute Gasteiger partial charge is 1.00 e. The fourth-order valence-electron chi connectivity index (χ4n) is 2.66. The molecule has 3 aromatic rings. The van der Waals surface area contributed by atoms with E-state index in [9.17, 15) is 36.1 Å². The minimum Gasteiger partial charge on any atom is -1.00 e. The summed E-state index contributed by atoms with van der Waals surface area (Å²) >= 11 is 0. The molecule has 0 radical (unpaired) electrons.